The zero-order valence-corrected chi connectivity index (χ0v) is 20.2. The van der Waals surface area contributed by atoms with Crippen molar-refractivity contribution in [3.05, 3.63) is 82.9 Å². The molecule has 0 saturated carbocycles. The Kier molecular flexibility index (Phi) is 8.41. The van der Waals surface area contributed by atoms with E-state index in [4.69, 9.17) is 4.74 Å². The van der Waals surface area contributed by atoms with Crippen molar-refractivity contribution in [3.8, 4) is 0 Å². The molecular weight excluding hydrogens is 448 g/mol. The van der Waals surface area contributed by atoms with E-state index in [1.54, 1.807) is 12.3 Å². The smallest absolute Gasteiger partial charge is 0.311 e. The van der Waals surface area contributed by atoms with Crippen molar-refractivity contribution in [3.63, 3.8) is 0 Å². The number of ether oxygens (including phenoxy) is 1. The number of hydrogen-bond donors (Lipinski definition) is 1. The van der Waals surface area contributed by atoms with Crippen LogP contribution >= 0.6 is 11.3 Å². The molecule has 178 valence electrons. The minimum Gasteiger partial charge on any atom is -0.466 e. The number of hydrogen-bond acceptors (Lipinski definition) is 7. The first-order chi connectivity index (χ1) is 16.6. The van der Waals surface area contributed by atoms with Gasteiger partial charge in [-0.3, -0.25) is 19.4 Å². The van der Waals surface area contributed by atoms with Gasteiger partial charge in [0.2, 0.25) is 5.91 Å². The predicted octanol–water partition coefficient (Wildman–Crippen LogP) is 3.59. The van der Waals surface area contributed by atoms with Crippen molar-refractivity contribution in [2.45, 2.75) is 19.4 Å². The Hall–Kier alpha value is -3.07. The van der Waals surface area contributed by atoms with Crippen molar-refractivity contribution in [2.75, 3.05) is 44.6 Å². The average Bonchev–Trinajstić information content (AvgIpc) is 3.28. The summed E-state index contributed by atoms with van der Waals surface area (Å²) in [6.45, 7) is 5.82. The number of carbonyl (C=O) groups excluding carboxylic acids is 2. The number of aromatic nitrogens is 1. The minimum atomic E-state index is -0.312. The van der Waals surface area contributed by atoms with E-state index in [1.165, 1.54) is 22.5 Å². The van der Waals surface area contributed by atoms with Gasteiger partial charge in [-0.1, -0.05) is 60.7 Å². The monoisotopic (exact) mass is 478 g/mol. The second-order valence-corrected chi connectivity index (χ2v) is 9.07. The summed E-state index contributed by atoms with van der Waals surface area (Å²) in [6, 6.07) is 21.4. The predicted molar refractivity (Wildman–Crippen MR) is 134 cm³/mol. The summed E-state index contributed by atoms with van der Waals surface area (Å²) in [5.41, 5.74) is 3.17. The summed E-state index contributed by atoms with van der Waals surface area (Å²) in [5.74, 6) is -0.402. The number of piperazine rings is 1. The van der Waals surface area contributed by atoms with Crippen LogP contribution in [0.25, 0.3) is 0 Å². The van der Waals surface area contributed by atoms with Crippen LogP contribution in [0.4, 0.5) is 5.13 Å². The van der Waals surface area contributed by atoms with Crippen molar-refractivity contribution in [2.24, 2.45) is 0 Å². The van der Waals surface area contributed by atoms with Gasteiger partial charge in [0.15, 0.2) is 5.13 Å². The van der Waals surface area contributed by atoms with E-state index < -0.39 is 0 Å². The van der Waals surface area contributed by atoms with Crippen LogP contribution in [0.15, 0.2) is 66.0 Å². The molecule has 1 aromatic heterocycles. The number of esters is 1. The highest BCUT2D eigenvalue weighted by molar-refractivity contribution is 7.13. The van der Waals surface area contributed by atoms with Crippen molar-refractivity contribution >= 4 is 28.3 Å². The number of rotatable bonds is 9. The van der Waals surface area contributed by atoms with Crippen LogP contribution in [0, 0.1) is 0 Å². The van der Waals surface area contributed by atoms with Crippen molar-refractivity contribution in [1.82, 2.24) is 14.8 Å². The molecule has 2 aromatic carbocycles. The molecule has 4 rings (SSSR count). The molecule has 34 heavy (non-hydrogen) atoms. The summed E-state index contributed by atoms with van der Waals surface area (Å²) in [7, 11) is 0. The quantitative estimate of drug-likeness (QED) is 0.474. The van der Waals surface area contributed by atoms with Crippen LogP contribution in [-0.2, 0) is 20.7 Å². The lowest BCUT2D eigenvalue weighted by Crippen LogP contribution is -2.49. The number of benzene rings is 2. The Bertz CT molecular complexity index is 1030. The second kappa shape index (κ2) is 11.9. The fourth-order valence-corrected chi connectivity index (χ4v) is 4.96. The van der Waals surface area contributed by atoms with Gasteiger partial charge >= 0.3 is 5.97 Å². The van der Waals surface area contributed by atoms with Crippen LogP contribution in [0.1, 0.15) is 29.8 Å². The summed E-state index contributed by atoms with van der Waals surface area (Å²) in [6.07, 6.45) is 0.117. The first-order valence-corrected chi connectivity index (χ1v) is 12.5. The van der Waals surface area contributed by atoms with Gasteiger partial charge in [-0.05, 0) is 18.1 Å². The molecule has 1 N–H and O–H groups in total. The molecule has 3 aromatic rings. The van der Waals surface area contributed by atoms with Gasteiger partial charge in [-0.2, -0.15) is 0 Å². The Morgan fingerprint density at radius 2 is 1.62 bits per heavy atom. The SMILES string of the molecule is CCOC(=O)Cc1csc(NC(=O)CN2CCN(C(c3ccccc3)c3ccccc3)CC2)n1. The van der Waals surface area contributed by atoms with Crippen LogP contribution in [0.5, 0.6) is 0 Å². The van der Waals surface area contributed by atoms with E-state index in [0.717, 1.165) is 26.2 Å². The fraction of sp³-hybridized carbons (Fsp3) is 0.346. The Morgan fingerprint density at radius 3 is 2.21 bits per heavy atom. The summed E-state index contributed by atoms with van der Waals surface area (Å²) in [5, 5.41) is 5.15. The summed E-state index contributed by atoms with van der Waals surface area (Å²) >= 11 is 1.32. The van der Waals surface area contributed by atoms with Gasteiger partial charge in [0.25, 0.3) is 0 Å². The highest BCUT2D eigenvalue weighted by Crippen LogP contribution is 2.29. The third-order valence-electron chi connectivity index (χ3n) is 5.80. The van der Waals surface area contributed by atoms with Crippen LogP contribution in [0.2, 0.25) is 0 Å². The maximum Gasteiger partial charge on any atom is 0.311 e. The highest BCUT2D eigenvalue weighted by atomic mass is 32.1. The molecule has 0 aliphatic carbocycles. The number of carbonyl (C=O) groups is 2. The lowest BCUT2D eigenvalue weighted by molar-refractivity contribution is -0.142. The Labute approximate surface area is 204 Å². The standard InChI is InChI=1S/C26H30N4O3S/c1-2-33-24(32)17-22-19-34-26(27-22)28-23(31)18-29-13-15-30(16-14-29)25(20-9-5-3-6-10-20)21-11-7-4-8-12-21/h3-12,19,25H,2,13-18H2,1H3,(H,27,28,31). The molecular formula is C26H30N4O3S. The van der Waals surface area contributed by atoms with E-state index in [9.17, 15) is 9.59 Å². The number of thiazole rings is 1. The number of anilines is 1. The Morgan fingerprint density at radius 1 is 1.00 bits per heavy atom. The fourth-order valence-electron chi connectivity index (χ4n) is 4.23. The van der Waals surface area contributed by atoms with Gasteiger partial charge in [0.05, 0.1) is 31.3 Å². The first-order valence-electron chi connectivity index (χ1n) is 11.6. The molecule has 2 heterocycles. The molecule has 1 aliphatic heterocycles. The van der Waals surface area contributed by atoms with Crippen molar-refractivity contribution < 1.29 is 14.3 Å². The van der Waals surface area contributed by atoms with Gasteiger partial charge in [-0.25, -0.2) is 4.98 Å². The zero-order chi connectivity index (χ0) is 23.8. The van der Waals surface area contributed by atoms with Gasteiger partial charge in [0, 0.05) is 31.6 Å². The molecule has 7 nitrogen and oxygen atoms in total. The van der Waals surface area contributed by atoms with Crippen molar-refractivity contribution in [1.29, 1.82) is 0 Å². The van der Waals surface area contributed by atoms with Crippen LogP contribution in [-0.4, -0.2) is 66.0 Å². The molecule has 1 amide bonds. The van der Waals surface area contributed by atoms with E-state index in [1.807, 2.05) is 12.1 Å². The number of amides is 1. The third kappa shape index (κ3) is 6.50. The van der Waals surface area contributed by atoms with Crippen LogP contribution in [0.3, 0.4) is 0 Å². The van der Waals surface area contributed by atoms with Crippen LogP contribution < -0.4 is 5.32 Å². The molecule has 0 atom stereocenters. The number of nitrogens with one attached hydrogen (secondary N) is 1. The summed E-state index contributed by atoms with van der Waals surface area (Å²) < 4.78 is 4.95. The van der Waals surface area contributed by atoms with Gasteiger partial charge in [-0.15, -0.1) is 11.3 Å². The maximum absolute atomic E-state index is 12.6. The maximum atomic E-state index is 12.6. The second-order valence-electron chi connectivity index (χ2n) is 8.21. The molecule has 1 aliphatic rings. The third-order valence-corrected chi connectivity index (χ3v) is 6.61. The lowest BCUT2D eigenvalue weighted by atomic mass is 9.96. The summed E-state index contributed by atoms with van der Waals surface area (Å²) in [4.78, 5) is 33.2. The molecule has 0 radical (unpaired) electrons. The van der Waals surface area contributed by atoms with Gasteiger partial charge in [0.1, 0.15) is 0 Å². The normalized spacial score (nSPS) is 14.8. The minimum absolute atomic E-state index is 0.0897. The molecule has 0 spiro atoms. The largest absolute Gasteiger partial charge is 0.466 e. The van der Waals surface area contributed by atoms with E-state index in [2.05, 4.69) is 68.6 Å². The highest BCUT2D eigenvalue weighted by Gasteiger charge is 2.27. The molecule has 1 fully saturated rings. The van der Waals surface area contributed by atoms with E-state index in [0.29, 0.717) is 24.0 Å². The first kappa shape index (κ1) is 24.1. The molecule has 1 saturated heterocycles. The zero-order valence-electron chi connectivity index (χ0n) is 19.4. The lowest BCUT2D eigenvalue weighted by Gasteiger charge is -2.39. The average molecular weight is 479 g/mol. The van der Waals surface area contributed by atoms with Gasteiger partial charge < -0.3 is 10.1 Å². The molecule has 0 bridgehead atoms. The topological polar surface area (TPSA) is 74.8 Å². The van der Waals surface area contributed by atoms with E-state index in [-0.39, 0.29) is 24.3 Å². The Balaban J connectivity index is 1.30. The van der Waals surface area contributed by atoms with E-state index >= 15 is 0 Å². The molecule has 8 heteroatoms. The molecule has 0 unspecified atom stereocenters. The number of nitrogens with zero attached hydrogens (tertiary/aromatic N) is 3.